The molecule has 0 aromatic heterocycles. The number of halogens is 2. The second-order valence-electron chi connectivity index (χ2n) is 2.85. The lowest BCUT2D eigenvalue weighted by Crippen LogP contribution is -2.09. The Morgan fingerprint density at radius 1 is 1.57 bits per heavy atom. The van der Waals surface area contributed by atoms with Gasteiger partial charge in [-0.25, -0.2) is 4.39 Å². The van der Waals surface area contributed by atoms with Crippen molar-refractivity contribution < 1.29 is 19.4 Å². The molecule has 0 amide bonds. The molecule has 0 saturated heterocycles. The molecule has 0 aliphatic rings. The monoisotopic (exact) mass is 262 g/mol. The molecule has 14 heavy (non-hydrogen) atoms. The maximum Gasteiger partial charge on any atom is 0.310 e. The molecule has 1 unspecified atom stereocenters. The average Bonchev–Trinajstić information content (AvgIpc) is 2.12. The van der Waals surface area contributed by atoms with Crippen LogP contribution in [-0.4, -0.2) is 16.2 Å². The van der Waals surface area contributed by atoms with E-state index in [9.17, 15) is 14.3 Å². The van der Waals surface area contributed by atoms with E-state index in [4.69, 9.17) is 5.11 Å². The van der Waals surface area contributed by atoms with E-state index in [0.717, 1.165) is 6.07 Å². The molecule has 0 aliphatic heterocycles. The maximum atomic E-state index is 13.2. The lowest BCUT2D eigenvalue weighted by Gasteiger charge is -2.11. The third-order valence-electron chi connectivity index (χ3n) is 1.92. The number of aliphatic carboxylic acids is 1. The Labute approximate surface area is 88.3 Å². The van der Waals surface area contributed by atoms with Crippen molar-refractivity contribution in [1.29, 1.82) is 0 Å². The lowest BCUT2D eigenvalue weighted by molar-refractivity contribution is -0.138. The highest BCUT2D eigenvalue weighted by Gasteiger charge is 2.23. The standard InChI is InChI=1S/C9H8BrFO3/c1-4(9(13)14)7-6(11)3-2-5(10)8(7)12/h2-4,12H,1H3,(H,13,14). The Kier molecular flexibility index (Phi) is 3.10. The fourth-order valence-electron chi connectivity index (χ4n) is 1.09. The molecule has 0 heterocycles. The van der Waals surface area contributed by atoms with Gasteiger partial charge in [0.1, 0.15) is 11.6 Å². The zero-order valence-corrected chi connectivity index (χ0v) is 8.88. The van der Waals surface area contributed by atoms with Crippen LogP contribution in [0.15, 0.2) is 16.6 Å². The first-order valence-corrected chi connectivity index (χ1v) is 4.64. The summed E-state index contributed by atoms with van der Waals surface area (Å²) in [6, 6.07) is 2.43. The summed E-state index contributed by atoms with van der Waals surface area (Å²) in [5.41, 5.74) is -0.202. The third kappa shape index (κ3) is 1.87. The lowest BCUT2D eigenvalue weighted by atomic mass is 10.00. The summed E-state index contributed by atoms with van der Waals surface area (Å²) in [7, 11) is 0. The van der Waals surface area contributed by atoms with Gasteiger partial charge in [-0.3, -0.25) is 4.79 Å². The van der Waals surface area contributed by atoms with Gasteiger partial charge in [-0.2, -0.15) is 0 Å². The van der Waals surface area contributed by atoms with Crippen molar-refractivity contribution in [1.82, 2.24) is 0 Å². The number of hydrogen-bond donors (Lipinski definition) is 2. The second-order valence-corrected chi connectivity index (χ2v) is 3.71. The van der Waals surface area contributed by atoms with Crippen LogP contribution in [0.1, 0.15) is 18.4 Å². The number of benzene rings is 1. The van der Waals surface area contributed by atoms with Crippen LogP contribution in [-0.2, 0) is 4.79 Å². The smallest absolute Gasteiger partial charge is 0.310 e. The van der Waals surface area contributed by atoms with Crippen LogP contribution < -0.4 is 0 Å². The van der Waals surface area contributed by atoms with Crippen LogP contribution in [0.4, 0.5) is 4.39 Å². The first kappa shape index (κ1) is 11.0. The Morgan fingerprint density at radius 3 is 2.64 bits per heavy atom. The molecule has 1 rings (SSSR count). The van der Waals surface area contributed by atoms with Crippen molar-refractivity contribution in [3.05, 3.63) is 28.0 Å². The van der Waals surface area contributed by atoms with E-state index in [1.54, 1.807) is 0 Å². The van der Waals surface area contributed by atoms with E-state index in [1.807, 2.05) is 0 Å². The van der Waals surface area contributed by atoms with E-state index < -0.39 is 17.7 Å². The number of carboxylic acids is 1. The normalized spacial score (nSPS) is 12.5. The Bertz CT molecular complexity index is 379. The molecule has 0 fully saturated rings. The number of phenols is 1. The first-order valence-electron chi connectivity index (χ1n) is 3.84. The van der Waals surface area contributed by atoms with E-state index in [0.29, 0.717) is 0 Å². The highest BCUT2D eigenvalue weighted by Crippen LogP contribution is 2.34. The summed E-state index contributed by atoms with van der Waals surface area (Å²) >= 11 is 2.99. The fraction of sp³-hybridized carbons (Fsp3) is 0.222. The van der Waals surface area contributed by atoms with Gasteiger partial charge in [0.05, 0.1) is 10.4 Å². The van der Waals surface area contributed by atoms with Gasteiger partial charge >= 0.3 is 5.97 Å². The van der Waals surface area contributed by atoms with Crippen LogP contribution >= 0.6 is 15.9 Å². The van der Waals surface area contributed by atoms with E-state index >= 15 is 0 Å². The van der Waals surface area contributed by atoms with Crippen LogP contribution in [0, 0.1) is 5.82 Å². The van der Waals surface area contributed by atoms with Gasteiger partial charge in [-0.15, -0.1) is 0 Å². The van der Waals surface area contributed by atoms with Crippen LogP contribution in [0.3, 0.4) is 0 Å². The molecular weight excluding hydrogens is 255 g/mol. The highest BCUT2D eigenvalue weighted by atomic mass is 79.9. The van der Waals surface area contributed by atoms with Gasteiger partial charge < -0.3 is 10.2 Å². The van der Waals surface area contributed by atoms with E-state index in [2.05, 4.69) is 15.9 Å². The summed E-state index contributed by atoms with van der Waals surface area (Å²) in [6.07, 6.45) is 0. The van der Waals surface area contributed by atoms with Crippen molar-refractivity contribution in [2.45, 2.75) is 12.8 Å². The summed E-state index contributed by atoms with van der Waals surface area (Å²) in [5.74, 6) is -3.34. The minimum atomic E-state index is -1.18. The number of carboxylic acid groups (broad SMARTS) is 1. The number of carbonyl (C=O) groups is 1. The predicted octanol–water partition coefficient (Wildman–Crippen LogP) is 2.48. The van der Waals surface area contributed by atoms with Gasteiger partial charge in [0.25, 0.3) is 0 Å². The Balaban J connectivity index is 3.32. The quantitative estimate of drug-likeness (QED) is 0.861. The van der Waals surface area contributed by atoms with Crippen LogP contribution in [0.2, 0.25) is 0 Å². The average molecular weight is 263 g/mol. The van der Waals surface area contributed by atoms with Gasteiger partial charge in [0, 0.05) is 5.56 Å². The maximum absolute atomic E-state index is 13.2. The molecule has 0 spiro atoms. The summed E-state index contributed by atoms with van der Waals surface area (Å²) in [6.45, 7) is 1.31. The third-order valence-corrected chi connectivity index (χ3v) is 2.56. The second kappa shape index (κ2) is 3.96. The molecule has 0 saturated carbocycles. The number of rotatable bonds is 2. The first-order chi connectivity index (χ1) is 6.45. The molecule has 76 valence electrons. The molecule has 0 aliphatic carbocycles. The zero-order chi connectivity index (χ0) is 10.9. The number of aromatic hydroxyl groups is 1. The highest BCUT2D eigenvalue weighted by molar-refractivity contribution is 9.10. The van der Waals surface area contributed by atoms with Crippen molar-refractivity contribution in [2.75, 3.05) is 0 Å². The Morgan fingerprint density at radius 2 is 2.14 bits per heavy atom. The SMILES string of the molecule is CC(C(=O)O)c1c(F)ccc(Br)c1O. The van der Waals surface area contributed by atoms with E-state index in [-0.39, 0.29) is 15.8 Å². The van der Waals surface area contributed by atoms with Crippen molar-refractivity contribution in [3.63, 3.8) is 0 Å². The summed E-state index contributed by atoms with van der Waals surface area (Å²) in [5, 5.41) is 18.1. The van der Waals surface area contributed by atoms with Crippen molar-refractivity contribution >= 4 is 21.9 Å². The molecular formula is C9H8BrFO3. The molecule has 5 heteroatoms. The minimum absolute atomic E-state index is 0.202. The topological polar surface area (TPSA) is 57.5 Å². The van der Waals surface area contributed by atoms with Crippen molar-refractivity contribution in [2.24, 2.45) is 0 Å². The van der Waals surface area contributed by atoms with Crippen LogP contribution in [0.5, 0.6) is 5.75 Å². The molecule has 1 aromatic rings. The zero-order valence-electron chi connectivity index (χ0n) is 7.29. The van der Waals surface area contributed by atoms with Gasteiger partial charge in [-0.1, -0.05) is 0 Å². The summed E-state index contributed by atoms with van der Waals surface area (Å²) in [4.78, 5) is 10.6. The number of hydrogen-bond acceptors (Lipinski definition) is 2. The Hall–Kier alpha value is -1.10. The molecule has 1 atom stereocenters. The molecule has 2 N–H and O–H groups in total. The minimum Gasteiger partial charge on any atom is -0.506 e. The van der Waals surface area contributed by atoms with Crippen molar-refractivity contribution in [3.8, 4) is 5.75 Å². The molecule has 3 nitrogen and oxygen atoms in total. The largest absolute Gasteiger partial charge is 0.506 e. The van der Waals surface area contributed by atoms with Crippen LogP contribution in [0.25, 0.3) is 0 Å². The van der Waals surface area contributed by atoms with Gasteiger partial charge in [0.2, 0.25) is 0 Å². The van der Waals surface area contributed by atoms with E-state index in [1.165, 1.54) is 13.0 Å². The fourth-order valence-corrected chi connectivity index (χ4v) is 1.44. The predicted molar refractivity (Wildman–Crippen MR) is 51.8 cm³/mol. The van der Waals surface area contributed by atoms with Gasteiger partial charge in [-0.05, 0) is 35.0 Å². The number of phenolic OH excluding ortho intramolecular Hbond substituents is 1. The summed E-state index contributed by atoms with van der Waals surface area (Å²) < 4.78 is 13.5. The molecule has 0 radical (unpaired) electrons. The van der Waals surface area contributed by atoms with Gasteiger partial charge in [0.15, 0.2) is 0 Å². The molecule has 1 aromatic carbocycles. The molecule has 0 bridgehead atoms.